The molecule has 0 saturated heterocycles. The van der Waals surface area contributed by atoms with E-state index in [0.717, 1.165) is 22.3 Å². The van der Waals surface area contributed by atoms with Crippen molar-refractivity contribution in [3.63, 3.8) is 0 Å². The van der Waals surface area contributed by atoms with E-state index in [1.54, 1.807) is 60.7 Å². The molecule has 10 nitrogen and oxygen atoms in total. The zero-order valence-corrected chi connectivity index (χ0v) is 24.9. The lowest BCUT2D eigenvalue weighted by molar-refractivity contribution is -0.119. The lowest BCUT2D eigenvalue weighted by Crippen LogP contribution is -2.34. The second-order valence-electron chi connectivity index (χ2n) is 10.2. The van der Waals surface area contributed by atoms with Crippen molar-refractivity contribution < 1.29 is 19.8 Å². The summed E-state index contributed by atoms with van der Waals surface area (Å²) in [5.41, 5.74) is 5.61. The standard InChI is InChI=1S/C34H34N6O4/c1-21-19-25(15-17-29(21)37-39-31(23(3)41)33(43)35-27-11-7-5-8-12-27)26-16-18-30(22(2)20-26)38-40-32(24(4)42)34(44)36-28-13-9-6-10-14-28/h5-20,23,31,41-42H,1-4H3,(H,35,43)(H,36,44)/b32-24+,39-37?,40-38?. The second-order valence-corrected chi connectivity index (χ2v) is 10.2. The van der Waals surface area contributed by atoms with E-state index >= 15 is 0 Å². The predicted molar refractivity (Wildman–Crippen MR) is 171 cm³/mol. The number of benzene rings is 4. The van der Waals surface area contributed by atoms with Gasteiger partial charge in [0.05, 0.1) is 17.5 Å². The first-order chi connectivity index (χ1) is 21.1. The lowest BCUT2D eigenvalue weighted by Gasteiger charge is -2.14. The Labute approximate surface area is 255 Å². The van der Waals surface area contributed by atoms with Crippen molar-refractivity contribution in [2.75, 3.05) is 10.6 Å². The number of allylic oxidation sites excluding steroid dienone is 1. The van der Waals surface area contributed by atoms with Crippen molar-refractivity contribution in [2.45, 2.75) is 39.8 Å². The van der Waals surface area contributed by atoms with Crippen LogP contribution in [-0.2, 0) is 9.59 Å². The first-order valence-electron chi connectivity index (χ1n) is 14.0. The Balaban J connectivity index is 1.47. The largest absolute Gasteiger partial charge is 0.510 e. The van der Waals surface area contributed by atoms with E-state index in [2.05, 4.69) is 31.1 Å². The van der Waals surface area contributed by atoms with Gasteiger partial charge in [-0.2, -0.15) is 10.2 Å². The van der Waals surface area contributed by atoms with Crippen molar-refractivity contribution in [1.29, 1.82) is 0 Å². The van der Waals surface area contributed by atoms with Crippen LogP contribution in [0.4, 0.5) is 22.7 Å². The number of aliphatic hydroxyl groups is 2. The fraction of sp³-hybridized carbons (Fsp3) is 0.176. The fourth-order valence-corrected chi connectivity index (χ4v) is 4.22. The van der Waals surface area contributed by atoms with Gasteiger partial charge in [-0.15, -0.1) is 10.2 Å². The molecule has 44 heavy (non-hydrogen) atoms. The Morgan fingerprint density at radius 1 is 0.727 bits per heavy atom. The minimum atomic E-state index is -1.08. The van der Waals surface area contributed by atoms with Crippen LogP contribution < -0.4 is 10.6 Å². The minimum absolute atomic E-state index is 0.187. The monoisotopic (exact) mass is 590 g/mol. The fourth-order valence-electron chi connectivity index (χ4n) is 4.22. The highest BCUT2D eigenvalue weighted by Crippen LogP contribution is 2.31. The molecule has 4 aromatic carbocycles. The van der Waals surface area contributed by atoms with E-state index in [-0.39, 0.29) is 11.5 Å². The zero-order chi connectivity index (χ0) is 31.6. The number of azo groups is 2. The van der Waals surface area contributed by atoms with Crippen LogP contribution in [-0.4, -0.2) is 34.2 Å². The number of aliphatic hydroxyl groups excluding tert-OH is 2. The minimum Gasteiger partial charge on any atom is -0.510 e. The first-order valence-corrected chi connectivity index (χ1v) is 14.0. The van der Waals surface area contributed by atoms with E-state index in [1.165, 1.54) is 13.8 Å². The average molecular weight is 591 g/mol. The van der Waals surface area contributed by atoms with E-state index in [1.807, 2.05) is 50.2 Å². The number of aryl methyl sites for hydroxylation is 2. The molecule has 0 aromatic heterocycles. The Morgan fingerprint density at radius 3 is 1.70 bits per heavy atom. The highest BCUT2D eigenvalue weighted by atomic mass is 16.3. The van der Waals surface area contributed by atoms with Gasteiger partial charge in [0.1, 0.15) is 5.76 Å². The van der Waals surface area contributed by atoms with Gasteiger partial charge in [-0.05, 0) is 98.5 Å². The number of carbonyl (C=O) groups excluding carboxylic acids is 2. The smallest absolute Gasteiger partial charge is 0.279 e. The molecule has 4 N–H and O–H groups in total. The highest BCUT2D eigenvalue weighted by Gasteiger charge is 2.23. The van der Waals surface area contributed by atoms with Gasteiger partial charge in [-0.25, -0.2) is 0 Å². The van der Waals surface area contributed by atoms with Crippen LogP contribution in [0, 0.1) is 13.8 Å². The van der Waals surface area contributed by atoms with Crippen molar-refractivity contribution in [3.8, 4) is 11.1 Å². The number of anilines is 2. The molecule has 0 bridgehead atoms. The van der Waals surface area contributed by atoms with Gasteiger partial charge in [-0.3, -0.25) is 9.59 Å². The molecule has 0 aliphatic carbocycles. The summed E-state index contributed by atoms with van der Waals surface area (Å²) in [6.07, 6.45) is -1.04. The molecule has 2 unspecified atom stereocenters. The van der Waals surface area contributed by atoms with E-state index < -0.39 is 24.0 Å². The number of hydrogen-bond donors (Lipinski definition) is 4. The number of nitrogens with one attached hydrogen (secondary N) is 2. The van der Waals surface area contributed by atoms with Crippen molar-refractivity contribution >= 4 is 34.6 Å². The molecule has 224 valence electrons. The maximum Gasteiger partial charge on any atom is 0.279 e. The molecule has 0 saturated carbocycles. The van der Waals surface area contributed by atoms with Crippen LogP contribution in [0.2, 0.25) is 0 Å². The quantitative estimate of drug-likeness (QED) is 0.0842. The molecule has 0 fully saturated rings. The highest BCUT2D eigenvalue weighted by molar-refractivity contribution is 6.03. The first kappa shape index (κ1) is 31.5. The molecule has 0 aliphatic heterocycles. The number of para-hydroxylation sites is 2. The third kappa shape index (κ3) is 8.30. The number of carbonyl (C=O) groups is 2. The van der Waals surface area contributed by atoms with Crippen molar-refractivity contribution in [3.05, 3.63) is 120 Å². The van der Waals surface area contributed by atoms with Crippen LogP contribution in [0.15, 0.2) is 129 Å². The molecule has 2 amide bonds. The van der Waals surface area contributed by atoms with E-state index in [4.69, 9.17) is 0 Å². The summed E-state index contributed by atoms with van der Waals surface area (Å²) in [4.78, 5) is 25.4. The van der Waals surface area contributed by atoms with E-state index in [9.17, 15) is 19.8 Å². The Kier molecular flexibility index (Phi) is 10.4. The summed E-state index contributed by atoms with van der Waals surface area (Å²) in [6, 6.07) is 28.0. The number of nitrogens with zero attached hydrogens (tertiary/aromatic N) is 4. The van der Waals surface area contributed by atoms with Crippen molar-refractivity contribution in [1.82, 2.24) is 0 Å². The molecule has 0 spiro atoms. The van der Waals surface area contributed by atoms with Gasteiger partial charge in [0, 0.05) is 11.4 Å². The van der Waals surface area contributed by atoms with Crippen molar-refractivity contribution in [2.24, 2.45) is 20.5 Å². The SMILES string of the molecule is C/C(O)=C(\N=Nc1ccc(-c2ccc(N=NC(C(=O)Nc3ccccc3)C(C)O)c(C)c2)cc1C)C(=O)Nc1ccccc1. The van der Waals surface area contributed by atoms with Crippen LogP contribution in [0.1, 0.15) is 25.0 Å². The molecule has 0 radical (unpaired) electrons. The summed E-state index contributed by atoms with van der Waals surface area (Å²) >= 11 is 0. The number of rotatable bonds is 10. The molecule has 0 heterocycles. The van der Waals surface area contributed by atoms with Gasteiger partial charge in [0.2, 0.25) is 0 Å². The van der Waals surface area contributed by atoms with Crippen LogP contribution in [0.3, 0.4) is 0 Å². The Bertz CT molecular complexity index is 1710. The summed E-state index contributed by atoms with van der Waals surface area (Å²) in [7, 11) is 0. The van der Waals surface area contributed by atoms with Gasteiger partial charge in [0.15, 0.2) is 11.7 Å². The molecule has 4 rings (SSSR count). The lowest BCUT2D eigenvalue weighted by atomic mass is 10.0. The maximum atomic E-state index is 12.7. The average Bonchev–Trinajstić information content (AvgIpc) is 2.99. The van der Waals surface area contributed by atoms with Gasteiger partial charge >= 0.3 is 0 Å². The zero-order valence-electron chi connectivity index (χ0n) is 24.9. The van der Waals surface area contributed by atoms with Crippen LogP contribution in [0.5, 0.6) is 0 Å². The molecule has 2 atom stereocenters. The summed E-state index contributed by atoms with van der Waals surface area (Å²) in [6.45, 7) is 6.64. The Hall–Kier alpha value is -5.48. The van der Waals surface area contributed by atoms with Gasteiger partial charge in [-0.1, -0.05) is 48.5 Å². The predicted octanol–water partition coefficient (Wildman–Crippen LogP) is 7.95. The summed E-state index contributed by atoms with van der Waals surface area (Å²) in [5, 5.41) is 42.3. The number of amides is 2. The third-order valence-electron chi connectivity index (χ3n) is 6.63. The second kappa shape index (κ2) is 14.6. The topological polar surface area (TPSA) is 148 Å². The third-order valence-corrected chi connectivity index (χ3v) is 6.63. The molecule has 0 aliphatic rings. The molecular formula is C34H34N6O4. The van der Waals surface area contributed by atoms with E-state index in [0.29, 0.717) is 22.7 Å². The van der Waals surface area contributed by atoms with Gasteiger partial charge in [0.25, 0.3) is 11.8 Å². The van der Waals surface area contributed by atoms with Crippen LogP contribution >= 0.6 is 0 Å². The Morgan fingerprint density at radius 2 is 1.23 bits per heavy atom. The summed E-state index contributed by atoms with van der Waals surface area (Å²) < 4.78 is 0. The molecular weight excluding hydrogens is 556 g/mol. The summed E-state index contributed by atoms with van der Waals surface area (Å²) in [5.74, 6) is -1.27. The van der Waals surface area contributed by atoms with Crippen LogP contribution in [0.25, 0.3) is 11.1 Å². The normalized spacial score (nSPS) is 13.4. The van der Waals surface area contributed by atoms with Gasteiger partial charge < -0.3 is 20.8 Å². The maximum absolute atomic E-state index is 12.7. The molecule has 4 aromatic rings. The molecule has 10 heteroatoms. The number of hydrogen-bond acceptors (Lipinski definition) is 8.